The van der Waals surface area contributed by atoms with Crippen molar-refractivity contribution in [1.82, 2.24) is 14.7 Å². The Labute approximate surface area is 116 Å². The van der Waals surface area contributed by atoms with Crippen LogP contribution in [0.25, 0.3) is 0 Å². The molecule has 0 bridgehead atoms. The molecule has 1 atom stereocenters. The van der Waals surface area contributed by atoms with Crippen LogP contribution in [0.2, 0.25) is 0 Å². The van der Waals surface area contributed by atoms with Gasteiger partial charge in [-0.05, 0) is 26.7 Å². The highest BCUT2D eigenvalue weighted by Gasteiger charge is 2.25. The van der Waals surface area contributed by atoms with Gasteiger partial charge in [0.2, 0.25) is 5.91 Å². The van der Waals surface area contributed by atoms with E-state index in [2.05, 4.69) is 5.10 Å². The van der Waals surface area contributed by atoms with Crippen LogP contribution in [-0.2, 0) is 11.2 Å². The molecule has 0 saturated carbocycles. The van der Waals surface area contributed by atoms with Crippen LogP contribution < -0.4 is 0 Å². The molecule has 7 heteroatoms. The third-order valence-electron chi connectivity index (χ3n) is 3.74. The first kappa shape index (κ1) is 14.9. The van der Waals surface area contributed by atoms with Crippen LogP contribution in [0.3, 0.4) is 0 Å². The number of hydrogen-bond donors (Lipinski definition) is 1. The molecular weight excluding hydrogens is 268 g/mol. The molecule has 2 rings (SSSR count). The summed E-state index contributed by atoms with van der Waals surface area (Å²) in [5.41, 5.74) is 1.33. The van der Waals surface area contributed by atoms with E-state index in [0.29, 0.717) is 41.1 Å². The summed E-state index contributed by atoms with van der Waals surface area (Å²) in [6, 6.07) is 0. The number of halogens is 2. The lowest BCUT2D eigenvalue weighted by Crippen LogP contribution is -2.42. The predicted octanol–water partition coefficient (Wildman–Crippen LogP) is 1.42. The number of β-amino-alcohol motifs (C(OH)–C–C–N with tert-alkyl or cyclic N) is 1. The van der Waals surface area contributed by atoms with Gasteiger partial charge >= 0.3 is 6.55 Å². The lowest BCUT2D eigenvalue weighted by atomic mass is 10.1. The van der Waals surface area contributed by atoms with Gasteiger partial charge in [-0.3, -0.25) is 4.79 Å². The highest BCUT2D eigenvalue weighted by Crippen LogP contribution is 2.21. The van der Waals surface area contributed by atoms with Crippen LogP contribution in [0.5, 0.6) is 0 Å². The molecule has 0 radical (unpaired) electrons. The first-order valence-electron chi connectivity index (χ1n) is 6.68. The number of carbonyl (C=O) groups excluding carboxylic acids is 1. The van der Waals surface area contributed by atoms with E-state index in [1.807, 2.05) is 0 Å². The number of aliphatic hydroxyl groups excluding tert-OH is 1. The number of alkyl halides is 2. The van der Waals surface area contributed by atoms with Gasteiger partial charge in [-0.15, -0.1) is 0 Å². The molecule has 0 aromatic carbocycles. The average molecular weight is 287 g/mol. The zero-order valence-electron chi connectivity index (χ0n) is 11.6. The summed E-state index contributed by atoms with van der Waals surface area (Å²) in [6.07, 6.45) is 1.03. The van der Waals surface area contributed by atoms with Crippen molar-refractivity contribution in [2.24, 2.45) is 0 Å². The number of aryl methyl sites for hydroxylation is 1. The van der Waals surface area contributed by atoms with Crippen LogP contribution in [0, 0.1) is 13.8 Å². The van der Waals surface area contributed by atoms with E-state index < -0.39 is 12.7 Å². The smallest absolute Gasteiger partial charge is 0.333 e. The molecule has 20 heavy (non-hydrogen) atoms. The molecule has 5 nitrogen and oxygen atoms in total. The second kappa shape index (κ2) is 5.87. The highest BCUT2D eigenvalue weighted by atomic mass is 19.3. The Morgan fingerprint density at radius 2 is 2.20 bits per heavy atom. The molecule has 1 amide bonds. The van der Waals surface area contributed by atoms with Gasteiger partial charge < -0.3 is 10.0 Å². The van der Waals surface area contributed by atoms with E-state index in [1.165, 1.54) is 0 Å². The van der Waals surface area contributed by atoms with Crippen molar-refractivity contribution in [3.05, 3.63) is 17.0 Å². The van der Waals surface area contributed by atoms with Crippen molar-refractivity contribution < 1.29 is 18.7 Å². The van der Waals surface area contributed by atoms with Crippen LogP contribution in [0.4, 0.5) is 8.78 Å². The van der Waals surface area contributed by atoms with Crippen LogP contribution >= 0.6 is 0 Å². The minimum absolute atomic E-state index is 0.0527. The summed E-state index contributed by atoms with van der Waals surface area (Å²) in [4.78, 5) is 13.8. The van der Waals surface area contributed by atoms with Crippen molar-refractivity contribution in [2.75, 3.05) is 13.1 Å². The molecule has 1 aromatic heterocycles. The summed E-state index contributed by atoms with van der Waals surface area (Å²) in [5, 5.41) is 13.3. The summed E-state index contributed by atoms with van der Waals surface area (Å²) in [6.45, 7) is 1.39. The zero-order valence-corrected chi connectivity index (χ0v) is 11.6. The lowest BCUT2D eigenvalue weighted by molar-refractivity contribution is -0.133. The number of hydrogen-bond acceptors (Lipinski definition) is 3. The molecule has 1 fully saturated rings. The van der Waals surface area contributed by atoms with E-state index in [9.17, 15) is 18.7 Å². The van der Waals surface area contributed by atoms with E-state index in [0.717, 1.165) is 6.42 Å². The largest absolute Gasteiger partial charge is 0.391 e. The number of piperidine rings is 1. The summed E-state index contributed by atoms with van der Waals surface area (Å²) >= 11 is 0. The van der Waals surface area contributed by atoms with Crippen molar-refractivity contribution in [3.8, 4) is 0 Å². The fourth-order valence-corrected chi connectivity index (χ4v) is 2.59. The van der Waals surface area contributed by atoms with E-state index in [4.69, 9.17) is 0 Å². The number of nitrogens with zero attached hydrogens (tertiary/aromatic N) is 3. The molecule has 0 spiro atoms. The minimum Gasteiger partial charge on any atom is -0.391 e. The van der Waals surface area contributed by atoms with Gasteiger partial charge in [-0.1, -0.05) is 0 Å². The summed E-state index contributed by atoms with van der Waals surface area (Å²) in [7, 11) is 0. The Hall–Kier alpha value is -1.50. The molecule has 1 saturated heterocycles. The van der Waals surface area contributed by atoms with Gasteiger partial charge in [-0.2, -0.15) is 13.9 Å². The van der Waals surface area contributed by atoms with Crippen LogP contribution in [-0.4, -0.2) is 44.9 Å². The number of aliphatic hydroxyl groups is 1. The molecule has 2 heterocycles. The molecule has 0 aliphatic carbocycles. The number of likely N-dealkylation sites (tertiary alicyclic amines) is 1. The van der Waals surface area contributed by atoms with Gasteiger partial charge in [-0.25, -0.2) is 4.68 Å². The third kappa shape index (κ3) is 2.98. The van der Waals surface area contributed by atoms with Crippen molar-refractivity contribution in [2.45, 2.75) is 45.8 Å². The topological polar surface area (TPSA) is 58.4 Å². The Kier molecular flexibility index (Phi) is 4.37. The molecule has 1 N–H and O–H groups in total. The molecule has 1 aromatic rings. The highest BCUT2D eigenvalue weighted by molar-refractivity contribution is 5.79. The zero-order chi connectivity index (χ0) is 14.9. The second-order valence-corrected chi connectivity index (χ2v) is 5.18. The molecule has 112 valence electrons. The van der Waals surface area contributed by atoms with E-state index in [-0.39, 0.29) is 12.3 Å². The first-order chi connectivity index (χ1) is 9.40. The first-order valence-corrected chi connectivity index (χ1v) is 6.68. The number of amides is 1. The lowest BCUT2D eigenvalue weighted by Gasteiger charge is -2.30. The van der Waals surface area contributed by atoms with Gasteiger partial charge in [0.05, 0.1) is 18.2 Å². The quantitative estimate of drug-likeness (QED) is 0.914. The van der Waals surface area contributed by atoms with Crippen LogP contribution in [0.15, 0.2) is 0 Å². The number of aromatic nitrogens is 2. The van der Waals surface area contributed by atoms with Gasteiger partial charge in [0.15, 0.2) is 0 Å². The normalized spacial score (nSPS) is 19.7. The molecule has 1 unspecified atom stereocenters. The summed E-state index contributed by atoms with van der Waals surface area (Å²) in [5.74, 6) is -0.149. The standard InChI is InChI=1S/C13H19F2N3O2/c1-8-11(9(2)18(16-8)13(14)15)6-12(20)17-5-3-4-10(19)7-17/h10,13,19H,3-7H2,1-2H3. The van der Waals surface area contributed by atoms with E-state index in [1.54, 1.807) is 18.7 Å². The SMILES string of the molecule is Cc1nn(C(F)F)c(C)c1CC(=O)N1CCCC(O)C1. The van der Waals surface area contributed by atoms with E-state index >= 15 is 0 Å². The Balaban J connectivity index is 2.11. The number of rotatable bonds is 3. The monoisotopic (exact) mass is 287 g/mol. The molecule has 1 aliphatic heterocycles. The fourth-order valence-electron chi connectivity index (χ4n) is 2.59. The van der Waals surface area contributed by atoms with Gasteiger partial charge in [0, 0.05) is 24.3 Å². The predicted molar refractivity (Wildman–Crippen MR) is 68.5 cm³/mol. The molecular formula is C13H19F2N3O2. The van der Waals surface area contributed by atoms with Crippen molar-refractivity contribution in [1.29, 1.82) is 0 Å². The van der Waals surface area contributed by atoms with Crippen LogP contribution in [0.1, 0.15) is 36.3 Å². The fraction of sp³-hybridized carbons (Fsp3) is 0.692. The maximum Gasteiger partial charge on any atom is 0.333 e. The third-order valence-corrected chi connectivity index (χ3v) is 3.74. The Bertz CT molecular complexity index is 502. The van der Waals surface area contributed by atoms with Gasteiger partial charge in [0.1, 0.15) is 0 Å². The van der Waals surface area contributed by atoms with Crippen molar-refractivity contribution >= 4 is 5.91 Å². The number of carbonyl (C=O) groups is 1. The van der Waals surface area contributed by atoms with Gasteiger partial charge in [0.25, 0.3) is 0 Å². The van der Waals surface area contributed by atoms with Crippen molar-refractivity contribution in [3.63, 3.8) is 0 Å². The maximum atomic E-state index is 12.7. The second-order valence-electron chi connectivity index (χ2n) is 5.18. The average Bonchev–Trinajstić information content (AvgIpc) is 2.67. The molecule has 1 aliphatic rings. The minimum atomic E-state index is -2.70. The Morgan fingerprint density at radius 1 is 1.50 bits per heavy atom. The Morgan fingerprint density at radius 3 is 2.75 bits per heavy atom. The maximum absolute atomic E-state index is 12.7. The summed E-state index contributed by atoms with van der Waals surface area (Å²) < 4.78 is 26.1.